The van der Waals surface area contributed by atoms with Crippen molar-refractivity contribution in [2.75, 3.05) is 25.5 Å². The standard InChI is InChI=1S/C24H30ClN7O3/c1-24(2,3)35-23(33)31-9-5-6-15(13-31)28-22-27-11-16(25)21(29-22)17-12-26-19-10-18(34-4)20(14-7-8-14)30-32(17)19/h10-12,14-15H,5-9,13H2,1-4H3,(H,27,28,29). The molecule has 35 heavy (non-hydrogen) atoms. The number of carbonyl (C=O) groups is 1. The Balaban J connectivity index is 1.38. The maximum absolute atomic E-state index is 12.5. The summed E-state index contributed by atoms with van der Waals surface area (Å²) in [5.74, 6) is 1.59. The van der Waals surface area contributed by atoms with Crippen LogP contribution in [-0.2, 0) is 4.74 Å². The summed E-state index contributed by atoms with van der Waals surface area (Å²) in [5, 5.41) is 8.59. The van der Waals surface area contributed by atoms with E-state index in [9.17, 15) is 4.79 Å². The van der Waals surface area contributed by atoms with E-state index in [1.807, 2.05) is 26.8 Å². The zero-order valence-corrected chi connectivity index (χ0v) is 21.2. The summed E-state index contributed by atoms with van der Waals surface area (Å²) in [7, 11) is 1.65. The molecule has 1 saturated heterocycles. The Morgan fingerprint density at radius 3 is 2.71 bits per heavy atom. The van der Waals surface area contributed by atoms with Crippen LogP contribution in [0.25, 0.3) is 17.0 Å². The number of hydrogen-bond donors (Lipinski definition) is 1. The number of ether oxygens (including phenoxy) is 2. The van der Waals surface area contributed by atoms with Gasteiger partial charge in [0.15, 0.2) is 5.65 Å². The summed E-state index contributed by atoms with van der Waals surface area (Å²) >= 11 is 6.51. The summed E-state index contributed by atoms with van der Waals surface area (Å²) in [4.78, 5) is 27.8. The number of hydrogen-bond acceptors (Lipinski definition) is 8. The molecular formula is C24H30ClN7O3. The van der Waals surface area contributed by atoms with Gasteiger partial charge in [0.2, 0.25) is 5.95 Å². The summed E-state index contributed by atoms with van der Waals surface area (Å²) < 4.78 is 12.8. The summed E-state index contributed by atoms with van der Waals surface area (Å²) in [6, 6.07) is 1.89. The number of piperidine rings is 1. The normalized spacial score (nSPS) is 18.5. The Labute approximate surface area is 209 Å². The number of methoxy groups -OCH3 is 1. The number of likely N-dealkylation sites (tertiary alicyclic amines) is 1. The van der Waals surface area contributed by atoms with E-state index in [0.29, 0.717) is 47.0 Å². The van der Waals surface area contributed by atoms with Gasteiger partial charge in [-0.2, -0.15) is 5.10 Å². The minimum Gasteiger partial charge on any atom is -0.495 e. The van der Waals surface area contributed by atoms with E-state index in [0.717, 1.165) is 37.1 Å². The van der Waals surface area contributed by atoms with Gasteiger partial charge in [-0.05, 0) is 46.5 Å². The number of amides is 1. The molecule has 0 bridgehead atoms. The van der Waals surface area contributed by atoms with Crippen molar-refractivity contribution in [3.05, 3.63) is 29.2 Å². The lowest BCUT2D eigenvalue weighted by atomic mass is 10.1. The monoisotopic (exact) mass is 499 g/mol. The fourth-order valence-corrected chi connectivity index (χ4v) is 4.45. The van der Waals surface area contributed by atoms with Crippen molar-refractivity contribution in [1.82, 2.24) is 29.5 Å². The van der Waals surface area contributed by atoms with Crippen LogP contribution < -0.4 is 10.1 Å². The highest BCUT2D eigenvalue weighted by Gasteiger charge is 2.31. The molecule has 10 nitrogen and oxygen atoms in total. The zero-order valence-electron chi connectivity index (χ0n) is 20.4. The van der Waals surface area contributed by atoms with Crippen molar-refractivity contribution in [1.29, 1.82) is 0 Å². The minimum atomic E-state index is -0.531. The van der Waals surface area contributed by atoms with Crippen LogP contribution in [0.1, 0.15) is 58.1 Å². The Bertz CT molecular complexity index is 1250. The maximum atomic E-state index is 12.5. The Morgan fingerprint density at radius 1 is 1.20 bits per heavy atom. The molecule has 1 unspecified atom stereocenters. The molecule has 1 saturated carbocycles. The Morgan fingerprint density at radius 2 is 2.00 bits per heavy atom. The van der Waals surface area contributed by atoms with Crippen LogP contribution in [0.15, 0.2) is 18.5 Å². The van der Waals surface area contributed by atoms with Gasteiger partial charge in [0, 0.05) is 31.1 Å². The van der Waals surface area contributed by atoms with Gasteiger partial charge in [-0.15, -0.1) is 0 Å². The highest BCUT2D eigenvalue weighted by molar-refractivity contribution is 6.32. The van der Waals surface area contributed by atoms with Gasteiger partial charge in [-0.25, -0.2) is 24.3 Å². The van der Waals surface area contributed by atoms with Crippen molar-refractivity contribution < 1.29 is 14.3 Å². The van der Waals surface area contributed by atoms with Gasteiger partial charge in [0.05, 0.1) is 24.5 Å². The highest BCUT2D eigenvalue weighted by atomic mass is 35.5. The molecule has 0 radical (unpaired) electrons. The lowest BCUT2D eigenvalue weighted by Gasteiger charge is -2.34. The largest absolute Gasteiger partial charge is 0.495 e. The average molecular weight is 500 g/mol. The maximum Gasteiger partial charge on any atom is 0.410 e. The van der Waals surface area contributed by atoms with E-state index in [1.54, 1.807) is 28.9 Å². The van der Waals surface area contributed by atoms with Crippen LogP contribution in [0.4, 0.5) is 10.7 Å². The molecule has 4 heterocycles. The average Bonchev–Trinajstić information content (AvgIpc) is 3.58. The second-order valence-corrected chi connectivity index (χ2v) is 10.5. The quantitative estimate of drug-likeness (QED) is 0.545. The first-order chi connectivity index (χ1) is 16.7. The number of halogens is 1. The lowest BCUT2D eigenvalue weighted by Crippen LogP contribution is -2.47. The molecule has 1 aliphatic heterocycles. The second-order valence-electron chi connectivity index (χ2n) is 10.1. The van der Waals surface area contributed by atoms with Crippen molar-refractivity contribution in [3.8, 4) is 17.1 Å². The van der Waals surface area contributed by atoms with Crippen molar-refractivity contribution in [3.63, 3.8) is 0 Å². The predicted molar refractivity (Wildman–Crippen MR) is 132 cm³/mol. The smallest absolute Gasteiger partial charge is 0.410 e. The molecule has 5 rings (SSSR count). The number of nitrogens with zero attached hydrogens (tertiary/aromatic N) is 6. The van der Waals surface area contributed by atoms with Crippen molar-refractivity contribution in [2.24, 2.45) is 0 Å². The Hall–Kier alpha value is -3.14. The molecule has 0 spiro atoms. The van der Waals surface area contributed by atoms with Crippen LogP contribution >= 0.6 is 11.6 Å². The molecule has 1 aliphatic carbocycles. The predicted octanol–water partition coefficient (Wildman–Crippen LogP) is 4.54. The molecule has 2 aliphatic rings. The zero-order chi connectivity index (χ0) is 24.7. The number of fused-ring (bicyclic) bond motifs is 1. The molecule has 3 aromatic rings. The summed E-state index contributed by atoms with van der Waals surface area (Å²) in [5.41, 5.74) is 2.27. The van der Waals surface area contributed by atoms with Crippen LogP contribution in [0.5, 0.6) is 5.75 Å². The lowest BCUT2D eigenvalue weighted by molar-refractivity contribution is 0.0206. The molecule has 0 aromatic carbocycles. The van der Waals surface area contributed by atoms with E-state index in [2.05, 4.69) is 15.3 Å². The fourth-order valence-electron chi connectivity index (χ4n) is 4.26. The molecule has 3 aromatic heterocycles. The van der Waals surface area contributed by atoms with Gasteiger partial charge in [-0.1, -0.05) is 11.6 Å². The third-order valence-corrected chi connectivity index (χ3v) is 6.34. The van der Waals surface area contributed by atoms with Gasteiger partial charge in [-0.3, -0.25) is 0 Å². The summed E-state index contributed by atoms with van der Waals surface area (Å²) in [6.07, 6.45) is 6.93. The Kier molecular flexibility index (Phi) is 6.16. The minimum absolute atomic E-state index is 0.00339. The van der Waals surface area contributed by atoms with Gasteiger partial charge < -0.3 is 19.7 Å². The second kappa shape index (κ2) is 9.14. The van der Waals surface area contributed by atoms with Gasteiger partial charge in [0.25, 0.3) is 0 Å². The van der Waals surface area contributed by atoms with Gasteiger partial charge >= 0.3 is 6.09 Å². The van der Waals surface area contributed by atoms with E-state index in [1.165, 1.54) is 0 Å². The third-order valence-electron chi connectivity index (χ3n) is 6.06. The highest BCUT2D eigenvalue weighted by Crippen LogP contribution is 2.43. The number of carbonyl (C=O) groups excluding carboxylic acids is 1. The molecular weight excluding hydrogens is 470 g/mol. The first kappa shape index (κ1) is 23.6. The van der Waals surface area contributed by atoms with E-state index in [4.69, 9.17) is 31.2 Å². The van der Waals surface area contributed by atoms with E-state index in [-0.39, 0.29) is 12.1 Å². The molecule has 2 fully saturated rings. The van der Waals surface area contributed by atoms with Crippen molar-refractivity contribution in [2.45, 2.75) is 64.0 Å². The number of rotatable bonds is 5. The third kappa shape index (κ3) is 5.12. The molecule has 186 valence electrons. The van der Waals surface area contributed by atoms with Crippen LogP contribution in [0.3, 0.4) is 0 Å². The molecule has 11 heteroatoms. The molecule has 1 atom stereocenters. The fraction of sp³-hybridized carbons (Fsp3) is 0.542. The van der Waals surface area contributed by atoms with E-state index >= 15 is 0 Å². The van der Waals surface area contributed by atoms with E-state index < -0.39 is 5.60 Å². The first-order valence-corrected chi connectivity index (χ1v) is 12.3. The van der Waals surface area contributed by atoms with Crippen molar-refractivity contribution >= 4 is 29.3 Å². The number of anilines is 1. The SMILES string of the molecule is COc1cc2ncc(-c3nc(NC4CCCN(C(=O)OC(C)(C)C)C4)ncc3Cl)n2nc1C1CC1. The van der Waals surface area contributed by atoms with Crippen LogP contribution in [-0.4, -0.2) is 67.4 Å². The van der Waals surface area contributed by atoms with Gasteiger partial charge in [0.1, 0.15) is 28.4 Å². The first-order valence-electron chi connectivity index (χ1n) is 11.9. The topological polar surface area (TPSA) is 107 Å². The molecule has 1 amide bonds. The number of imidazole rings is 1. The summed E-state index contributed by atoms with van der Waals surface area (Å²) in [6.45, 7) is 6.78. The van der Waals surface area contributed by atoms with Crippen LogP contribution in [0, 0.1) is 0 Å². The van der Waals surface area contributed by atoms with Crippen LogP contribution in [0.2, 0.25) is 5.02 Å². The molecule has 1 N–H and O–H groups in total. The number of aromatic nitrogens is 5. The number of nitrogens with one attached hydrogen (secondary N) is 1.